The van der Waals surface area contributed by atoms with Crippen molar-refractivity contribution in [1.82, 2.24) is 10.2 Å². The minimum atomic E-state index is 0.515. The average molecular weight is 264 g/mol. The molecule has 0 spiro atoms. The van der Waals surface area contributed by atoms with Crippen LogP contribution in [0.3, 0.4) is 0 Å². The first-order valence-corrected chi connectivity index (χ1v) is 7.62. The van der Waals surface area contributed by atoms with Gasteiger partial charge in [-0.05, 0) is 31.9 Å². The van der Waals surface area contributed by atoms with Crippen molar-refractivity contribution < 1.29 is 4.42 Å². The second-order valence-electron chi connectivity index (χ2n) is 6.13. The van der Waals surface area contributed by atoms with Gasteiger partial charge in [0.15, 0.2) is 0 Å². The zero-order valence-corrected chi connectivity index (χ0v) is 12.8. The number of rotatable bonds is 6. The van der Waals surface area contributed by atoms with Crippen LogP contribution < -0.4 is 5.32 Å². The summed E-state index contributed by atoms with van der Waals surface area (Å²) in [7, 11) is 0. The van der Waals surface area contributed by atoms with Crippen molar-refractivity contribution in [3.8, 4) is 0 Å². The molecule has 1 aliphatic rings. The summed E-state index contributed by atoms with van der Waals surface area (Å²) in [6.45, 7) is 13.0. The molecule has 108 valence electrons. The number of nitrogens with one attached hydrogen (secondary N) is 1. The molecule has 1 unspecified atom stereocenters. The van der Waals surface area contributed by atoms with Crippen LogP contribution in [0.25, 0.3) is 0 Å². The fourth-order valence-corrected chi connectivity index (χ4v) is 2.77. The van der Waals surface area contributed by atoms with E-state index in [1.807, 2.05) is 0 Å². The van der Waals surface area contributed by atoms with Gasteiger partial charge in [-0.25, -0.2) is 0 Å². The molecule has 1 aliphatic heterocycles. The SMILES string of the molecule is CCC1CCN(Cc2cc(CNC(C)C)c(C)o2)C1. The minimum absolute atomic E-state index is 0.515. The summed E-state index contributed by atoms with van der Waals surface area (Å²) < 4.78 is 5.90. The highest BCUT2D eigenvalue weighted by Crippen LogP contribution is 2.23. The van der Waals surface area contributed by atoms with Gasteiger partial charge in [0.2, 0.25) is 0 Å². The van der Waals surface area contributed by atoms with E-state index in [9.17, 15) is 0 Å². The molecule has 2 rings (SSSR count). The molecular weight excluding hydrogens is 236 g/mol. The Morgan fingerprint density at radius 1 is 1.47 bits per heavy atom. The van der Waals surface area contributed by atoms with Crippen molar-refractivity contribution in [3.63, 3.8) is 0 Å². The molecule has 2 heterocycles. The fourth-order valence-electron chi connectivity index (χ4n) is 2.77. The Labute approximate surface area is 117 Å². The van der Waals surface area contributed by atoms with E-state index in [2.05, 4.69) is 44.0 Å². The highest BCUT2D eigenvalue weighted by atomic mass is 16.3. The van der Waals surface area contributed by atoms with E-state index in [0.29, 0.717) is 6.04 Å². The zero-order valence-electron chi connectivity index (χ0n) is 12.8. The lowest BCUT2D eigenvalue weighted by molar-refractivity contribution is 0.283. The average Bonchev–Trinajstić information content (AvgIpc) is 2.94. The quantitative estimate of drug-likeness (QED) is 0.854. The van der Waals surface area contributed by atoms with Crippen molar-refractivity contribution in [2.24, 2.45) is 5.92 Å². The highest BCUT2D eigenvalue weighted by Gasteiger charge is 2.22. The van der Waals surface area contributed by atoms with Crippen LogP contribution in [-0.2, 0) is 13.1 Å². The van der Waals surface area contributed by atoms with E-state index in [4.69, 9.17) is 4.42 Å². The minimum Gasteiger partial charge on any atom is -0.465 e. The molecular formula is C16H28N2O. The Hall–Kier alpha value is -0.800. The lowest BCUT2D eigenvalue weighted by Crippen LogP contribution is -2.22. The summed E-state index contributed by atoms with van der Waals surface area (Å²) in [5.74, 6) is 3.07. The number of aryl methyl sites for hydroxylation is 1. The van der Waals surface area contributed by atoms with Gasteiger partial charge in [0.05, 0.1) is 6.54 Å². The van der Waals surface area contributed by atoms with E-state index in [1.54, 1.807) is 0 Å². The Balaban J connectivity index is 1.89. The Morgan fingerprint density at radius 2 is 2.26 bits per heavy atom. The monoisotopic (exact) mass is 264 g/mol. The number of likely N-dealkylation sites (tertiary alicyclic amines) is 1. The normalized spacial score (nSPS) is 20.6. The predicted molar refractivity (Wildman–Crippen MR) is 79.1 cm³/mol. The third-order valence-electron chi connectivity index (χ3n) is 4.10. The third kappa shape index (κ3) is 4.08. The van der Waals surface area contributed by atoms with Crippen molar-refractivity contribution in [2.45, 2.75) is 59.7 Å². The van der Waals surface area contributed by atoms with Crippen molar-refractivity contribution in [3.05, 3.63) is 23.2 Å². The fraction of sp³-hybridized carbons (Fsp3) is 0.750. The van der Waals surface area contributed by atoms with E-state index in [0.717, 1.165) is 30.5 Å². The lowest BCUT2D eigenvalue weighted by atomic mass is 10.1. The maximum atomic E-state index is 5.90. The first-order valence-electron chi connectivity index (χ1n) is 7.62. The molecule has 1 fully saturated rings. The van der Waals surface area contributed by atoms with Gasteiger partial charge in [0.25, 0.3) is 0 Å². The van der Waals surface area contributed by atoms with E-state index >= 15 is 0 Å². The largest absolute Gasteiger partial charge is 0.465 e. The Bertz CT molecular complexity index is 397. The molecule has 3 nitrogen and oxygen atoms in total. The van der Waals surface area contributed by atoms with Gasteiger partial charge in [-0.15, -0.1) is 0 Å². The first kappa shape index (κ1) is 14.6. The molecule has 1 saturated heterocycles. The first-order chi connectivity index (χ1) is 9.08. The number of hydrogen-bond donors (Lipinski definition) is 1. The molecule has 1 atom stereocenters. The molecule has 0 saturated carbocycles. The van der Waals surface area contributed by atoms with Gasteiger partial charge in [-0.1, -0.05) is 27.2 Å². The summed E-state index contributed by atoms with van der Waals surface area (Å²) in [6.07, 6.45) is 2.65. The number of furan rings is 1. The topological polar surface area (TPSA) is 28.4 Å². The zero-order chi connectivity index (χ0) is 13.8. The number of nitrogens with zero attached hydrogens (tertiary/aromatic N) is 1. The van der Waals surface area contributed by atoms with E-state index in [1.165, 1.54) is 31.5 Å². The third-order valence-corrected chi connectivity index (χ3v) is 4.10. The Morgan fingerprint density at radius 3 is 2.89 bits per heavy atom. The molecule has 0 bridgehead atoms. The molecule has 0 radical (unpaired) electrons. The number of hydrogen-bond acceptors (Lipinski definition) is 3. The molecule has 1 aromatic heterocycles. The molecule has 3 heteroatoms. The molecule has 0 amide bonds. The molecule has 19 heavy (non-hydrogen) atoms. The highest BCUT2D eigenvalue weighted by molar-refractivity contribution is 5.20. The van der Waals surface area contributed by atoms with Gasteiger partial charge in [-0.2, -0.15) is 0 Å². The maximum absolute atomic E-state index is 5.90. The standard InChI is InChI=1S/C16H28N2O/c1-5-14-6-7-18(10-14)11-16-8-15(13(4)19-16)9-17-12(2)3/h8,12,14,17H,5-7,9-11H2,1-4H3. The van der Waals surface area contributed by atoms with Crippen LogP contribution in [0.2, 0.25) is 0 Å². The van der Waals surface area contributed by atoms with Crippen molar-refractivity contribution in [2.75, 3.05) is 13.1 Å². The van der Waals surface area contributed by atoms with Crippen molar-refractivity contribution in [1.29, 1.82) is 0 Å². The summed E-state index contributed by atoms with van der Waals surface area (Å²) >= 11 is 0. The van der Waals surface area contributed by atoms with Gasteiger partial charge < -0.3 is 9.73 Å². The van der Waals surface area contributed by atoms with Crippen LogP contribution in [0, 0.1) is 12.8 Å². The molecule has 1 N–H and O–H groups in total. The molecule has 0 aromatic carbocycles. The summed E-state index contributed by atoms with van der Waals surface area (Å²) in [6, 6.07) is 2.74. The molecule has 1 aromatic rings. The summed E-state index contributed by atoms with van der Waals surface area (Å²) in [5.41, 5.74) is 1.30. The van der Waals surface area contributed by atoms with Crippen LogP contribution in [0.1, 0.15) is 50.7 Å². The van der Waals surface area contributed by atoms with Crippen molar-refractivity contribution >= 4 is 0 Å². The smallest absolute Gasteiger partial charge is 0.118 e. The lowest BCUT2D eigenvalue weighted by Gasteiger charge is -2.13. The molecule has 0 aliphatic carbocycles. The second-order valence-corrected chi connectivity index (χ2v) is 6.13. The summed E-state index contributed by atoms with van der Waals surface area (Å²) in [5, 5.41) is 3.45. The van der Waals surface area contributed by atoms with Gasteiger partial charge in [0, 0.05) is 24.7 Å². The van der Waals surface area contributed by atoms with Crippen LogP contribution >= 0.6 is 0 Å². The van der Waals surface area contributed by atoms with E-state index < -0.39 is 0 Å². The Kier molecular flexibility index (Phi) is 5.06. The van der Waals surface area contributed by atoms with Crippen LogP contribution in [0.5, 0.6) is 0 Å². The van der Waals surface area contributed by atoms with Crippen LogP contribution in [-0.4, -0.2) is 24.0 Å². The van der Waals surface area contributed by atoms with E-state index in [-0.39, 0.29) is 0 Å². The van der Waals surface area contributed by atoms with Gasteiger partial charge >= 0.3 is 0 Å². The second kappa shape index (κ2) is 6.58. The summed E-state index contributed by atoms with van der Waals surface area (Å²) in [4.78, 5) is 2.52. The predicted octanol–water partition coefficient (Wildman–Crippen LogP) is 3.32. The maximum Gasteiger partial charge on any atom is 0.118 e. The van der Waals surface area contributed by atoms with Crippen LogP contribution in [0.15, 0.2) is 10.5 Å². The van der Waals surface area contributed by atoms with Crippen LogP contribution in [0.4, 0.5) is 0 Å². The van der Waals surface area contributed by atoms with Gasteiger partial charge in [0.1, 0.15) is 11.5 Å². The van der Waals surface area contributed by atoms with Gasteiger partial charge in [-0.3, -0.25) is 4.90 Å².